The summed E-state index contributed by atoms with van der Waals surface area (Å²) in [7, 11) is 1.59. The van der Waals surface area contributed by atoms with E-state index in [1.54, 1.807) is 13.3 Å². The van der Waals surface area contributed by atoms with E-state index in [1.165, 1.54) is 4.68 Å². The molecule has 0 saturated heterocycles. The summed E-state index contributed by atoms with van der Waals surface area (Å²) in [6, 6.07) is 0. The summed E-state index contributed by atoms with van der Waals surface area (Å²) in [5, 5.41) is 7.16. The van der Waals surface area contributed by atoms with Gasteiger partial charge in [0, 0.05) is 20.3 Å². The molecule has 0 aromatic carbocycles. The Morgan fingerprint density at radius 2 is 2.28 bits per heavy atom. The quantitative estimate of drug-likeness (QED) is 0.727. The van der Waals surface area contributed by atoms with E-state index in [4.69, 9.17) is 9.47 Å². The van der Waals surface area contributed by atoms with Gasteiger partial charge in [0.1, 0.15) is 4.47 Å². The van der Waals surface area contributed by atoms with Crippen molar-refractivity contribution >= 4 is 21.6 Å². The van der Waals surface area contributed by atoms with Crippen molar-refractivity contribution in [1.29, 1.82) is 0 Å². The van der Waals surface area contributed by atoms with E-state index in [0.717, 1.165) is 0 Å². The van der Waals surface area contributed by atoms with Crippen molar-refractivity contribution in [3.05, 3.63) is 21.0 Å². The summed E-state index contributed by atoms with van der Waals surface area (Å²) in [6.45, 7) is 4.74. The van der Waals surface area contributed by atoms with Gasteiger partial charge in [-0.15, -0.1) is 0 Å². The highest BCUT2D eigenvalue weighted by Crippen LogP contribution is 2.15. The maximum absolute atomic E-state index is 11.9. The van der Waals surface area contributed by atoms with E-state index in [-0.39, 0.29) is 5.56 Å². The van der Waals surface area contributed by atoms with Crippen molar-refractivity contribution < 1.29 is 9.47 Å². The first-order valence-electron chi connectivity index (χ1n) is 5.76. The molecule has 0 aliphatic rings. The number of anilines is 1. The monoisotopic (exact) mass is 319 g/mol. The predicted molar refractivity (Wildman–Crippen MR) is 73.1 cm³/mol. The summed E-state index contributed by atoms with van der Waals surface area (Å²) in [5.74, 6) is 0. The van der Waals surface area contributed by atoms with Crippen LogP contribution in [0, 0.1) is 0 Å². The minimum absolute atomic E-state index is 0.173. The third-order valence-corrected chi connectivity index (χ3v) is 3.02. The lowest BCUT2D eigenvalue weighted by atomic mass is 10.4. The fraction of sp³-hybridized carbons (Fsp3) is 0.636. The van der Waals surface area contributed by atoms with Crippen molar-refractivity contribution in [3.63, 3.8) is 0 Å². The minimum atomic E-state index is -0.173. The highest BCUT2D eigenvalue weighted by Gasteiger charge is 2.07. The topological polar surface area (TPSA) is 65.4 Å². The van der Waals surface area contributed by atoms with Crippen LogP contribution in [0.3, 0.4) is 0 Å². The summed E-state index contributed by atoms with van der Waals surface area (Å²) >= 11 is 3.27. The van der Waals surface area contributed by atoms with Crippen molar-refractivity contribution in [2.75, 3.05) is 38.8 Å². The zero-order valence-corrected chi connectivity index (χ0v) is 12.2. The fourth-order valence-electron chi connectivity index (χ4n) is 1.33. The molecule has 0 spiro atoms. The van der Waals surface area contributed by atoms with E-state index >= 15 is 0 Å². The standard InChI is InChI=1S/C11H18BrN3O3/c1-3-18-6-4-13-9-8-14-15(5-7-17-2)11(16)10(9)12/h8,13H,3-7H2,1-2H3. The minimum Gasteiger partial charge on any atom is -0.383 e. The van der Waals surface area contributed by atoms with E-state index in [1.807, 2.05) is 6.92 Å². The van der Waals surface area contributed by atoms with Crippen LogP contribution >= 0.6 is 15.9 Å². The molecule has 0 unspecified atom stereocenters. The molecule has 102 valence electrons. The molecule has 0 aliphatic heterocycles. The van der Waals surface area contributed by atoms with Crippen LogP contribution in [0.4, 0.5) is 5.69 Å². The van der Waals surface area contributed by atoms with Gasteiger partial charge in [-0.2, -0.15) is 5.10 Å². The van der Waals surface area contributed by atoms with Gasteiger partial charge in [0.2, 0.25) is 0 Å². The number of methoxy groups -OCH3 is 1. The second-order valence-electron chi connectivity index (χ2n) is 3.52. The second-order valence-corrected chi connectivity index (χ2v) is 4.31. The lowest BCUT2D eigenvalue weighted by Gasteiger charge is -2.10. The normalized spacial score (nSPS) is 10.6. The Hall–Kier alpha value is -0.920. The van der Waals surface area contributed by atoms with E-state index in [9.17, 15) is 4.79 Å². The van der Waals surface area contributed by atoms with Crippen LogP contribution in [-0.4, -0.2) is 43.3 Å². The van der Waals surface area contributed by atoms with Crippen molar-refractivity contribution in [2.24, 2.45) is 0 Å². The molecule has 7 heteroatoms. The molecule has 0 radical (unpaired) electrons. The van der Waals surface area contributed by atoms with Gasteiger partial charge in [-0.1, -0.05) is 0 Å². The van der Waals surface area contributed by atoms with Gasteiger partial charge < -0.3 is 14.8 Å². The molecule has 0 fully saturated rings. The molecule has 18 heavy (non-hydrogen) atoms. The highest BCUT2D eigenvalue weighted by atomic mass is 79.9. The molecule has 1 rings (SSSR count). The molecule has 1 N–H and O–H groups in total. The number of nitrogens with zero attached hydrogens (tertiary/aromatic N) is 2. The van der Waals surface area contributed by atoms with Crippen LogP contribution in [0.15, 0.2) is 15.5 Å². The highest BCUT2D eigenvalue weighted by molar-refractivity contribution is 9.10. The van der Waals surface area contributed by atoms with Crippen LogP contribution in [0.25, 0.3) is 0 Å². The number of halogens is 1. The molecule has 0 amide bonds. The summed E-state index contributed by atoms with van der Waals surface area (Å²) in [6.07, 6.45) is 1.62. The maximum atomic E-state index is 11.9. The Morgan fingerprint density at radius 3 is 2.94 bits per heavy atom. The predicted octanol–water partition coefficient (Wildman–Crippen LogP) is 1.10. The van der Waals surface area contributed by atoms with Crippen LogP contribution in [0.5, 0.6) is 0 Å². The van der Waals surface area contributed by atoms with E-state index in [0.29, 0.717) is 43.1 Å². The first-order valence-corrected chi connectivity index (χ1v) is 6.56. The molecular formula is C11H18BrN3O3. The Morgan fingerprint density at radius 1 is 1.50 bits per heavy atom. The fourth-order valence-corrected chi connectivity index (χ4v) is 1.77. The summed E-state index contributed by atoms with van der Waals surface area (Å²) < 4.78 is 12.0. The molecular weight excluding hydrogens is 302 g/mol. The number of aromatic nitrogens is 2. The largest absolute Gasteiger partial charge is 0.383 e. The van der Waals surface area contributed by atoms with Crippen LogP contribution in [0.1, 0.15) is 6.92 Å². The third kappa shape index (κ3) is 4.40. The Bertz CT molecular complexity index is 422. The molecule has 1 heterocycles. The van der Waals surface area contributed by atoms with Gasteiger partial charge in [0.15, 0.2) is 0 Å². The average Bonchev–Trinajstić information content (AvgIpc) is 2.38. The zero-order chi connectivity index (χ0) is 13.4. The van der Waals surface area contributed by atoms with Crippen molar-refractivity contribution in [3.8, 4) is 0 Å². The third-order valence-electron chi connectivity index (χ3n) is 2.26. The van der Waals surface area contributed by atoms with Gasteiger partial charge >= 0.3 is 0 Å². The number of hydrogen-bond acceptors (Lipinski definition) is 5. The first-order chi connectivity index (χ1) is 8.70. The summed E-state index contributed by atoms with van der Waals surface area (Å²) in [5.41, 5.74) is 0.502. The summed E-state index contributed by atoms with van der Waals surface area (Å²) in [4.78, 5) is 11.9. The average molecular weight is 320 g/mol. The second kappa shape index (κ2) is 8.23. The van der Waals surface area contributed by atoms with E-state index in [2.05, 4.69) is 26.3 Å². The lowest BCUT2D eigenvalue weighted by molar-refractivity contribution is 0.158. The van der Waals surface area contributed by atoms with Crippen molar-refractivity contribution in [1.82, 2.24) is 9.78 Å². The Kier molecular flexibility index (Phi) is 6.92. The van der Waals surface area contributed by atoms with Crippen LogP contribution in [-0.2, 0) is 16.0 Å². The Balaban J connectivity index is 2.65. The SMILES string of the molecule is CCOCCNc1cnn(CCOC)c(=O)c1Br. The number of nitrogens with one attached hydrogen (secondary N) is 1. The molecule has 6 nitrogen and oxygen atoms in total. The molecule has 0 aliphatic carbocycles. The number of ether oxygens (including phenoxy) is 2. The van der Waals surface area contributed by atoms with Crippen molar-refractivity contribution in [2.45, 2.75) is 13.5 Å². The molecule has 0 atom stereocenters. The van der Waals surface area contributed by atoms with Crippen LogP contribution in [0.2, 0.25) is 0 Å². The van der Waals surface area contributed by atoms with Gasteiger partial charge in [0.25, 0.3) is 5.56 Å². The van der Waals surface area contributed by atoms with Crippen LogP contribution < -0.4 is 10.9 Å². The van der Waals surface area contributed by atoms with E-state index < -0.39 is 0 Å². The molecule has 0 bridgehead atoms. The lowest BCUT2D eigenvalue weighted by Crippen LogP contribution is -2.26. The number of rotatable bonds is 8. The molecule has 1 aromatic rings. The molecule has 0 saturated carbocycles. The zero-order valence-electron chi connectivity index (χ0n) is 10.6. The maximum Gasteiger partial charge on any atom is 0.283 e. The first kappa shape index (κ1) is 15.1. The van der Waals surface area contributed by atoms with Gasteiger partial charge in [-0.3, -0.25) is 4.79 Å². The number of hydrogen-bond donors (Lipinski definition) is 1. The Labute approximate surface area is 114 Å². The molecule has 1 aromatic heterocycles. The smallest absolute Gasteiger partial charge is 0.283 e. The van der Waals surface area contributed by atoms with Gasteiger partial charge in [-0.05, 0) is 22.9 Å². The van der Waals surface area contributed by atoms with Gasteiger partial charge in [0.05, 0.1) is 31.6 Å². The van der Waals surface area contributed by atoms with Gasteiger partial charge in [-0.25, -0.2) is 4.68 Å².